The largest absolute Gasteiger partial charge is 0.365 e. The molecule has 0 saturated carbocycles. The fourth-order valence-corrected chi connectivity index (χ4v) is 3.34. The van der Waals surface area contributed by atoms with Crippen LogP contribution in [-0.2, 0) is 11.3 Å². The van der Waals surface area contributed by atoms with Crippen molar-refractivity contribution in [1.82, 2.24) is 24.5 Å². The van der Waals surface area contributed by atoms with Gasteiger partial charge in [0, 0.05) is 25.1 Å². The number of anilines is 1. The van der Waals surface area contributed by atoms with Gasteiger partial charge in [0.25, 0.3) is 0 Å². The minimum absolute atomic E-state index is 0.0217. The zero-order chi connectivity index (χ0) is 17.4. The van der Waals surface area contributed by atoms with Gasteiger partial charge in [-0.05, 0) is 19.4 Å². The van der Waals surface area contributed by atoms with Crippen molar-refractivity contribution in [3.05, 3.63) is 54.1 Å². The maximum absolute atomic E-state index is 12.5. The average molecular weight is 336 g/mol. The van der Waals surface area contributed by atoms with E-state index >= 15 is 0 Å². The number of rotatable bonds is 4. The molecule has 3 heterocycles. The molecule has 0 spiro atoms. The number of amides is 1. The maximum Gasteiger partial charge on any atom is 0.225 e. The van der Waals surface area contributed by atoms with E-state index in [2.05, 4.69) is 27.4 Å². The third kappa shape index (κ3) is 2.93. The molecular weight excluding hydrogens is 316 g/mol. The summed E-state index contributed by atoms with van der Waals surface area (Å²) in [6.07, 6.45) is 2.11. The Morgan fingerprint density at radius 3 is 2.88 bits per heavy atom. The summed E-state index contributed by atoms with van der Waals surface area (Å²) in [4.78, 5) is 18.9. The minimum Gasteiger partial charge on any atom is -0.365 e. The van der Waals surface area contributed by atoms with E-state index in [1.807, 2.05) is 52.6 Å². The zero-order valence-corrected chi connectivity index (χ0v) is 14.3. The molecular formula is C18H20N6O. The van der Waals surface area contributed by atoms with Crippen molar-refractivity contribution in [2.45, 2.75) is 38.9 Å². The lowest BCUT2D eigenvalue weighted by Crippen LogP contribution is -2.37. The van der Waals surface area contributed by atoms with Gasteiger partial charge >= 0.3 is 0 Å². The van der Waals surface area contributed by atoms with Gasteiger partial charge < -0.3 is 10.2 Å². The van der Waals surface area contributed by atoms with Gasteiger partial charge in [-0.2, -0.15) is 0 Å². The summed E-state index contributed by atoms with van der Waals surface area (Å²) >= 11 is 0. The highest BCUT2D eigenvalue weighted by molar-refractivity contribution is 5.80. The summed E-state index contributed by atoms with van der Waals surface area (Å²) in [5.41, 5.74) is 1.88. The molecule has 1 aromatic carbocycles. The van der Waals surface area contributed by atoms with Gasteiger partial charge in [-0.3, -0.25) is 9.20 Å². The van der Waals surface area contributed by atoms with Crippen molar-refractivity contribution in [2.75, 3.05) is 5.32 Å². The molecule has 1 amide bonds. The molecule has 1 aliphatic heterocycles. The Hall–Kier alpha value is -2.96. The highest BCUT2D eigenvalue weighted by Gasteiger charge is 2.36. The van der Waals surface area contributed by atoms with Crippen LogP contribution in [0.4, 0.5) is 5.82 Å². The number of hydrogen-bond acceptors (Lipinski definition) is 5. The summed E-state index contributed by atoms with van der Waals surface area (Å²) in [6.45, 7) is 4.62. The lowest BCUT2D eigenvalue weighted by molar-refractivity contribution is -0.129. The fraction of sp³-hybridized carbons (Fsp3) is 0.333. The number of aromatic nitrogens is 4. The van der Waals surface area contributed by atoms with Crippen LogP contribution in [0.5, 0.6) is 0 Å². The van der Waals surface area contributed by atoms with E-state index in [0.29, 0.717) is 13.0 Å². The van der Waals surface area contributed by atoms with Crippen LogP contribution in [0.25, 0.3) is 5.65 Å². The van der Waals surface area contributed by atoms with Gasteiger partial charge in [-0.15, -0.1) is 10.2 Å². The first-order valence-corrected chi connectivity index (χ1v) is 8.39. The number of likely N-dealkylation sites (tertiary alicyclic amines) is 1. The van der Waals surface area contributed by atoms with Gasteiger partial charge in [0.15, 0.2) is 5.65 Å². The summed E-state index contributed by atoms with van der Waals surface area (Å²) in [5.74, 6) is 1.70. The molecule has 25 heavy (non-hydrogen) atoms. The van der Waals surface area contributed by atoms with Crippen LogP contribution in [0.15, 0.2) is 42.7 Å². The summed E-state index contributed by atoms with van der Waals surface area (Å²) in [7, 11) is 0. The number of benzene rings is 1. The van der Waals surface area contributed by atoms with Crippen molar-refractivity contribution >= 4 is 17.4 Å². The van der Waals surface area contributed by atoms with Crippen LogP contribution >= 0.6 is 0 Å². The second-order valence-corrected chi connectivity index (χ2v) is 6.45. The predicted octanol–water partition coefficient (Wildman–Crippen LogP) is 2.03. The van der Waals surface area contributed by atoms with E-state index in [-0.39, 0.29) is 18.0 Å². The van der Waals surface area contributed by atoms with Crippen molar-refractivity contribution in [2.24, 2.45) is 0 Å². The van der Waals surface area contributed by atoms with Crippen LogP contribution in [0.1, 0.15) is 24.7 Å². The smallest absolute Gasteiger partial charge is 0.225 e. The molecule has 4 rings (SSSR count). The first kappa shape index (κ1) is 15.6. The van der Waals surface area contributed by atoms with Gasteiger partial charge in [-0.25, -0.2) is 4.98 Å². The van der Waals surface area contributed by atoms with Gasteiger partial charge in [0.1, 0.15) is 18.0 Å². The van der Waals surface area contributed by atoms with Gasteiger partial charge in [-0.1, -0.05) is 30.3 Å². The number of carbonyl (C=O) groups excluding carboxylic acids is 1. The van der Waals surface area contributed by atoms with Crippen LogP contribution in [0.2, 0.25) is 0 Å². The number of fused-ring (bicyclic) bond motifs is 1. The molecule has 1 N–H and O–H groups in total. The quantitative estimate of drug-likeness (QED) is 0.789. The molecule has 2 unspecified atom stereocenters. The molecule has 0 radical (unpaired) electrons. The zero-order valence-electron chi connectivity index (χ0n) is 14.3. The average Bonchev–Trinajstić information content (AvgIpc) is 3.17. The fourth-order valence-electron chi connectivity index (χ4n) is 3.34. The molecule has 3 aromatic rings. The van der Waals surface area contributed by atoms with Crippen LogP contribution < -0.4 is 5.32 Å². The summed E-state index contributed by atoms with van der Waals surface area (Å²) < 4.78 is 1.83. The van der Waals surface area contributed by atoms with Gasteiger partial charge in [0.2, 0.25) is 5.91 Å². The van der Waals surface area contributed by atoms with E-state index in [1.54, 1.807) is 6.33 Å². The highest BCUT2D eigenvalue weighted by Crippen LogP contribution is 2.25. The number of carbonyl (C=O) groups is 1. The normalized spacial score (nSPS) is 20.4. The van der Waals surface area contributed by atoms with E-state index in [1.165, 1.54) is 0 Å². The summed E-state index contributed by atoms with van der Waals surface area (Å²) in [5, 5.41) is 11.4. The SMILES string of the molecule is Cc1nc(NC2CC(=O)N(Cc3ccccc3)C2C)cc2nncn12. The van der Waals surface area contributed by atoms with E-state index in [0.717, 1.165) is 22.9 Å². The molecule has 128 valence electrons. The molecule has 1 saturated heterocycles. The Morgan fingerprint density at radius 2 is 2.08 bits per heavy atom. The first-order valence-electron chi connectivity index (χ1n) is 8.39. The molecule has 2 atom stereocenters. The molecule has 2 aromatic heterocycles. The topological polar surface area (TPSA) is 75.4 Å². The monoisotopic (exact) mass is 336 g/mol. The van der Waals surface area contributed by atoms with E-state index < -0.39 is 0 Å². The number of hydrogen-bond donors (Lipinski definition) is 1. The van der Waals surface area contributed by atoms with Crippen LogP contribution in [-0.4, -0.2) is 42.5 Å². The lowest BCUT2D eigenvalue weighted by atomic mass is 10.1. The number of nitrogens with one attached hydrogen (secondary N) is 1. The Labute approximate surface area is 145 Å². The van der Waals surface area contributed by atoms with E-state index in [9.17, 15) is 4.79 Å². The Bertz CT molecular complexity index is 906. The molecule has 1 fully saturated rings. The number of nitrogens with zero attached hydrogens (tertiary/aromatic N) is 5. The second-order valence-electron chi connectivity index (χ2n) is 6.45. The molecule has 7 nitrogen and oxygen atoms in total. The minimum atomic E-state index is 0.0217. The maximum atomic E-state index is 12.5. The Kier molecular flexibility index (Phi) is 3.83. The van der Waals surface area contributed by atoms with Crippen molar-refractivity contribution in [3.63, 3.8) is 0 Å². The number of aryl methyl sites for hydroxylation is 1. The first-order chi connectivity index (χ1) is 12.1. The van der Waals surface area contributed by atoms with Crippen molar-refractivity contribution in [1.29, 1.82) is 0 Å². The highest BCUT2D eigenvalue weighted by atomic mass is 16.2. The summed E-state index contributed by atoms with van der Waals surface area (Å²) in [6, 6.07) is 12.0. The van der Waals surface area contributed by atoms with Crippen molar-refractivity contribution < 1.29 is 4.79 Å². The van der Waals surface area contributed by atoms with E-state index in [4.69, 9.17) is 0 Å². The Morgan fingerprint density at radius 1 is 1.28 bits per heavy atom. The third-order valence-electron chi connectivity index (χ3n) is 4.79. The second kappa shape index (κ2) is 6.16. The molecule has 0 aliphatic carbocycles. The lowest BCUT2D eigenvalue weighted by Gasteiger charge is -2.25. The standard InChI is InChI=1S/C18H20N6O/c1-12-15(8-18(25)23(12)10-14-6-4-3-5-7-14)21-16-9-17-22-19-11-24(17)13(2)20-16/h3-7,9,11-12,15,21H,8,10H2,1-2H3. The molecule has 7 heteroatoms. The van der Waals surface area contributed by atoms with Gasteiger partial charge in [0.05, 0.1) is 6.04 Å². The van der Waals surface area contributed by atoms with Crippen LogP contribution in [0, 0.1) is 6.92 Å². The van der Waals surface area contributed by atoms with Crippen LogP contribution in [0.3, 0.4) is 0 Å². The third-order valence-corrected chi connectivity index (χ3v) is 4.79. The predicted molar refractivity (Wildman–Crippen MR) is 94.0 cm³/mol. The molecule has 0 bridgehead atoms. The Balaban J connectivity index is 1.52. The van der Waals surface area contributed by atoms with Crippen molar-refractivity contribution in [3.8, 4) is 0 Å². The molecule has 1 aliphatic rings.